The van der Waals surface area contributed by atoms with E-state index in [2.05, 4.69) is 22.0 Å². The van der Waals surface area contributed by atoms with Crippen LogP contribution in [-0.4, -0.2) is 5.78 Å². The molecule has 0 heterocycles. The van der Waals surface area contributed by atoms with Crippen LogP contribution in [0.2, 0.25) is 0 Å². The van der Waals surface area contributed by atoms with Crippen molar-refractivity contribution in [3.63, 3.8) is 0 Å². The fourth-order valence-corrected chi connectivity index (χ4v) is 1.88. The van der Waals surface area contributed by atoms with Crippen molar-refractivity contribution in [3.05, 3.63) is 34.3 Å². The van der Waals surface area contributed by atoms with Crippen LogP contribution in [0.4, 0.5) is 0 Å². The lowest BCUT2D eigenvalue weighted by Gasteiger charge is -2.06. The van der Waals surface area contributed by atoms with Gasteiger partial charge in [0.05, 0.1) is 6.07 Å². The molecule has 2 rings (SSSR count). The average molecular weight is 250 g/mol. The van der Waals surface area contributed by atoms with Crippen LogP contribution in [0.15, 0.2) is 28.7 Å². The number of nitrogens with zero attached hydrogens (tertiary/aromatic N) is 1. The first kappa shape index (κ1) is 9.42. The minimum Gasteiger partial charge on any atom is -0.292 e. The van der Waals surface area contributed by atoms with E-state index >= 15 is 0 Å². The van der Waals surface area contributed by atoms with Crippen molar-refractivity contribution in [1.82, 2.24) is 0 Å². The second-order valence-electron chi connectivity index (χ2n) is 3.50. The third-order valence-corrected chi connectivity index (χ3v) is 3.21. The molecule has 3 heteroatoms. The van der Waals surface area contributed by atoms with Crippen molar-refractivity contribution in [1.29, 1.82) is 5.26 Å². The number of halogens is 1. The zero-order chi connectivity index (χ0) is 10.2. The molecular formula is C11H8BrNO. The van der Waals surface area contributed by atoms with Gasteiger partial charge in [0, 0.05) is 10.0 Å². The molecule has 1 aromatic carbocycles. The predicted molar refractivity (Wildman–Crippen MR) is 55.8 cm³/mol. The zero-order valence-electron chi connectivity index (χ0n) is 7.46. The molecule has 14 heavy (non-hydrogen) atoms. The van der Waals surface area contributed by atoms with Gasteiger partial charge in [-0.15, -0.1) is 0 Å². The van der Waals surface area contributed by atoms with E-state index in [4.69, 9.17) is 5.26 Å². The molecule has 1 saturated carbocycles. The van der Waals surface area contributed by atoms with Crippen molar-refractivity contribution in [2.24, 2.45) is 5.41 Å². The summed E-state index contributed by atoms with van der Waals surface area (Å²) in [5.74, 6) is -0.0486. The third kappa shape index (κ3) is 1.36. The van der Waals surface area contributed by atoms with Gasteiger partial charge < -0.3 is 0 Å². The highest BCUT2D eigenvalue weighted by Gasteiger charge is 2.50. The number of rotatable bonds is 2. The Kier molecular flexibility index (Phi) is 2.16. The highest BCUT2D eigenvalue weighted by molar-refractivity contribution is 9.10. The molecular weight excluding hydrogens is 242 g/mol. The van der Waals surface area contributed by atoms with E-state index in [0.717, 1.165) is 4.47 Å². The maximum Gasteiger partial charge on any atom is 0.184 e. The van der Waals surface area contributed by atoms with Gasteiger partial charge in [-0.25, -0.2) is 0 Å². The molecule has 0 amide bonds. The van der Waals surface area contributed by atoms with Gasteiger partial charge in [0.2, 0.25) is 0 Å². The van der Waals surface area contributed by atoms with Gasteiger partial charge >= 0.3 is 0 Å². The first-order valence-corrected chi connectivity index (χ1v) is 5.19. The molecule has 1 aromatic rings. The van der Waals surface area contributed by atoms with Crippen LogP contribution in [0, 0.1) is 16.7 Å². The molecule has 70 valence electrons. The monoisotopic (exact) mass is 249 g/mol. The van der Waals surface area contributed by atoms with Crippen molar-refractivity contribution >= 4 is 21.7 Å². The summed E-state index contributed by atoms with van der Waals surface area (Å²) in [4.78, 5) is 11.9. The minimum atomic E-state index is -0.718. The largest absolute Gasteiger partial charge is 0.292 e. The van der Waals surface area contributed by atoms with Gasteiger partial charge in [-0.05, 0) is 18.9 Å². The minimum absolute atomic E-state index is 0.0486. The molecule has 0 unspecified atom stereocenters. The third-order valence-electron chi connectivity index (χ3n) is 2.52. The zero-order valence-corrected chi connectivity index (χ0v) is 9.04. The number of hydrogen-bond donors (Lipinski definition) is 0. The van der Waals surface area contributed by atoms with Crippen LogP contribution in [-0.2, 0) is 0 Å². The van der Waals surface area contributed by atoms with Gasteiger partial charge in [-0.1, -0.05) is 34.1 Å². The summed E-state index contributed by atoms with van der Waals surface area (Å²) in [7, 11) is 0. The van der Waals surface area contributed by atoms with Crippen LogP contribution in [0.5, 0.6) is 0 Å². The van der Waals surface area contributed by atoms with E-state index in [-0.39, 0.29) is 5.78 Å². The van der Waals surface area contributed by atoms with Crippen LogP contribution >= 0.6 is 15.9 Å². The van der Waals surface area contributed by atoms with Crippen LogP contribution < -0.4 is 0 Å². The van der Waals surface area contributed by atoms with Crippen molar-refractivity contribution < 1.29 is 4.79 Å². The molecule has 0 atom stereocenters. The van der Waals surface area contributed by atoms with E-state index in [0.29, 0.717) is 18.4 Å². The molecule has 1 aliphatic carbocycles. The number of benzene rings is 1. The normalized spacial score (nSPS) is 17.1. The maximum atomic E-state index is 11.9. The summed E-state index contributed by atoms with van der Waals surface area (Å²) >= 11 is 3.32. The predicted octanol–water partition coefficient (Wildman–Crippen LogP) is 2.94. The van der Waals surface area contributed by atoms with Gasteiger partial charge in [0.15, 0.2) is 5.78 Å². The smallest absolute Gasteiger partial charge is 0.184 e. The Morgan fingerprint density at radius 3 is 2.57 bits per heavy atom. The highest BCUT2D eigenvalue weighted by Crippen LogP contribution is 2.48. The molecule has 1 aliphatic rings. The van der Waals surface area contributed by atoms with Gasteiger partial charge in [-0.3, -0.25) is 4.79 Å². The van der Waals surface area contributed by atoms with E-state index in [1.807, 2.05) is 18.2 Å². The lowest BCUT2D eigenvalue weighted by molar-refractivity contribution is 0.0934. The molecule has 0 N–H and O–H groups in total. The van der Waals surface area contributed by atoms with Gasteiger partial charge in [0.25, 0.3) is 0 Å². The Morgan fingerprint density at radius 1 is 1.43 bits per heavy atom. The molecule has 2 nitrogen and oxygen atoms in total. The average Bonchev–Trinajstić information content (AvgIpc) is 2.98. The second-order valence-corrected chi connectivity index (χ2v) is 4.36. The van der Waals surface area contributed by atoms with E-state index in [1.54, 1.807) is 6.07 Å². The summed E-state index contributed by atoms with van der Waals surface area (Å²) in [6, 6.07) is 9.35. The van der Waals surface area contributed by atoms with Crippen LogP contribution in [0.1, 0.15) is 23.2 Å². The van der Waals surface area contributed by atoms with Crippen molar-refractivity contribution in [2.75, 3.05) is 0 Å². The Labute approximate surface area is 90.7 Å². The van der Waals surface area contributed by atoms with Crippen LogP contribution in [0.25, 0.3) is 0 Å². The number of nitriles is 1. The summed E-state index contributed by atoms with van der Waals surface area (Å²) < 4.78 is 0.770. The lowest BCUT2D eigenvalue weighted by atomic mass is 9.96. The van der Waals surface area contributed by atoms with Gasteiger partial charge in [-0.2, -0.15) is 5.26 Å². The summed E-state index contributed by atoms with van der Waals surface area (Å²) in [6.45, 7) is 0. The molecule has 0 saturated heterocycles. The summed E-state index contributed by atoms with van der Waals surface area (Å²) in [5, 5.41) is 8.89. The van der Waals surface area contributed by atoms with Crippen molar-refractivity contribution in [2.45, 2.75) is 12.8 Å². The first-order chi connectivity index (χ1) is 6.69. The molecule has 0 spiro atoms. The standard InChI is InChI=1S/C11H8BrNO/c12-9-4-2-1-3-8(9)10(14)11(7-13)5-6-11/h1-4H,5-6H2. The van der Waals surface area contributed by atoms with E-state index < -0.39 is 5.41 Å². The molecule has 0 aliphatic heterocycles. The fraction of sp³-hybridized carbons (Fsp3) is 0.273. The topological polar surface area (TPSA) is 40.9 Å². The molecule has 0 radical (unpaired) electrons. The summed E-state index contributed by atoms with van der Waals surface area (Å²) in [5.41, 5.74) is -0.101. The van der Waals surface area contributed by atoms with Gasteiger partial charge in [0.1, 0.15) is 5.41 Å². The number of carbonyl (C=O) groups is 1. The molecule has 0 bridgehead atoms. The van der Waals surface area contributed by atoms with E-state index in [9.17, 15) is 4.79 Å². The number of Topliss-reactive ketones (excluding diaryl/α,β-unsaturated/α-hetero) is 1. The SMILES string of the molecule is N#CC1(C(=O)c2ccccc2Br)CC1. The Hall–Kier alpha value is -1.14. The quantitative estimate of drug-likeness (QED) is 0.757. The van der Waals surface area contributed by atoms with E-state index in [1.165, 1.54) is 0 Å². The van der Waals surface area contributed by atoms with Crippen LogP contribution in [0.3, 0.4) is 0 Å². The fourth-order valence-electron chi connectivity index (χ4n) is 1.42. The Morgan fingerprint density at radius 2 is 2.07 bits per heavy atom. The lowest BCUT2D eigenvalue weighted by Crippen LogP contribution is -2.14. The Bertz CT molecular complexity index is 429. The molecule has 0 aromatic heterocycles. The van der Waals surface area contributed by atoms with Crippen molar-refractivity contribution in [3.8, 4) is 6.07 Å². The first-order valence-electron chi connectivity index (χ1n) is 4.40. The Balaban J connectivity index is 2.38. The number of hydrogen-bond acceptors (Lipinski definition) is 2. The molecule has 1 fully saturated rings. The highest BCUT2D eigenvalue weighted by atomic mass is 79.9. The number of ketones is 1. The second kappa shape index (κ2) is 3.21. The number of carbonyl (C=O) groups excluding carboxylic acids is 1. The maximum absolute atomic E-state index is 11.9. The summed E-state index contributed by atoms with van der Waals surface area (Å²) in [6.07, 6.45) is 1.40.